The van der Waals surface area contributed by atoms with E-state index in [0.717, 1.165) is 38.5 Å². The molecular weight excluding hydrogens is 500 g/mol. The number of nitrogens with two attached hydrogens (primary N) is 1. The number of fused-ring (bicyclic) bond motifs is 5. The molecule has 0 spiro atoms. The molecule has 1 aromatic carbocycles. The zero-order chi connectivity index (χ0) is 27.5. The van der Waals surface area contributed by atoms with E-state index in [1.165, 1.54) is 37.1 Å². The van der Waals surface area contributed by atoms with Crippen molar-refractivity contribution in [3.8, 4) is 0 Å². The van der Waals surface area contributed by atoms with E-state index in [4.69, 9.17) is 5.73 Å². The van der Waals surface area contributed by atoms with Gasteiger partial charge in [0.25, 0.3) is 10.0 Å². The lowest BCUT2D eigenvalue weighted by Crippen LogP contribution is -2.58. The summed E-state index contributed by atoms with van der Waals surface area (Å²) in [6.07, 6.45) is 8.41. The Labute approximate surface area is 228 Å². The van der Waals surface area contributed by atoms with Crippen LogP contribution in [0, 0.1) is 46.3 Å². The van der Waals surface area contributed by atoms with Crippen molar-refractivity contribution in [1.29, 1.82) is 0 Å². The van der Waals surface area contributed by atoms with E-state index in [1.54, 1.807) is 0 Å². The molecule has 7 nitrogen and oxygen atoms in total. The number of carbonyl (C=O) groups excluding carboxylic acids is 1. The molecule has 4 aliphatic carbocycles. The maximum Gasteiger partial charge on any atom is 0.264 e. The standard InChI is InChI=1S/C30H46N2O5S/c1-18(4-13-28(35)32-38(36,37)22-8-6-20(31)7-9-22)24-11-12-25-23-10-5-19-16-21(33)14-15-29(19,2)26(23)17-27(34)30(24,25)3/h6-9,18-19,21,23-27,33-34H,4-5,10-17,31H2,1-3H3,(H,32,35)/t18-,19-,21-,23+,24-,25+,26+,27+,29+,30-/m1/s1. The first-order chi connectivity index (χ1) is 17.9. The quantitative estimate of drug-likeness (QED) is 0.389. The average Bonchev–Trinajstić information content (AvgIpc) is 3.22. The third-order valence-electron chi connectivity index (χ3n) is 11.8. The second-order valence-electron chi connectivity index (χ2n) is 13.5. The number of carbonyl (C=O) groups is 1. The van der Waals surface area contributed by atoms with Gasteiger partial charge in [0.05, 0.1) is 17.1 Å². The molecule has 0 heterocycles. The fraction of sp³-hybridized carbons (Fsp3) is 0.767. The highest BCUT2D eigenvalue weighted by Crippen LogP contribution is 2.68. The lowest BCUT2D eigenvalue weighted by atomic mass is 9.43. The molecular formula is C30H46N2O5S. The van der Waals surface area contributed by atoms with Gasteiger partial charge in [-0.2, -0.15) is 0 Å². The van der Waals surface area contributed by atoms with Crippen molar-refractivity contribution in [1.82, 2.24) is 4.72 Å². The number of hydrogen-bond acceptors (Lipinski definition) is 6. The first-order valence-electron chi connectivity index (χ1n) is 14.6. The minimum Gasteiger partial charge on any atom is -0.399 e. The highest BCUT2D eigenvalue weighted by Gasteiger charge is 2.63. The van der Waals surface area contributed by atoms with Crippen LogP contribution in [0.5, 0.6) is 0 Å². The predicted molar refractivity (Wildman–Crippen MR) is 147 cm³/mol. The van der Waals surface area contributed by atoms with Gasteiger partial charge in [-0.1, -0.05) is 20.8 Å². The molecule has 10 atom stereocenters. The van der Waals surface area contributed by atoms with Crippen molar-refractivity contribution in [2.24, 2.45) is 46.3 Å². The molecule has 4 fully saturated rings. The molecule has 0 aliphatic heterocycles. The van der Waals surface area contributed by atoms with Crippen molar-refractivity contribution < 1.29 is 23.4 Å². The Morgan fingerprint density at radius 3 is 2.47 bits per heavy atom. The molecule has 4 saturated carbocycles. The van der Waals surface area contributed by atoms with E-state index in [1.807, 2.05) is 0 Å². The molecule has 1 amide bonds. The number of anilines is 1. The summed E-state index contributed by atoms with van der Waals surface area (Å²) in [5.41, 5.74) is 6.14. The number of rotatable bonds is 6. The van der Waals surface area contributed by atoms with Crippen LogP contribution in [0.4, 0.5) is 5.69 Å². The number of sulfonamides is 1. The second kappa shape index (κ2) is 10.1. The number of hydrogen-bond donors (Lipinski definition) is 4. The number of nitrogen functional groups attached to an aromatic ring is 1. The fourth-order valence-electron chi connectivity index (χ4n) is 9.63. The van der Waals surface area contributed by atoms with E-state index in [2.05, 4.69) is 25.5 Å². The van der Waals surface area contributed by atoms with E-state index in [9.17, 15) is 23.4 Å². The Morgan fingerprint density at radius 1 is 1.05 bits per heavy atom. The van der Waals surface area contributed by atoms with Crippen LogP contribution in [0.1, 0.15) is 85.0 Å². The molecule has 0 aromatic heterocycles. The van der Waals surface area contributed by atoms with Gasteiger partial charge < -0.3 is 15.9 Å². The molecule has 1 aromatic rings. The van der Waals surface area contributed by atoms with Gasteiger partial charge in [0.1, 0.15) is 0 Å². The van der Waals surface area contributed by atoms with Crippen LogP contribution in [0.15, 0.2) is 29.2 Å². The SMILES string of the molecule is C[C@H](CCC(=O)NS(=O)(=O)c1ccc(N)cc1)[C@H]1CC[C@H]2[C@@H]3CC[C@@H]4C[C@H](O)CC[C@]4(C)[C@H]3C[C@H](O)[C@]12C. The van der Waals surface area contributed by atoms with E-state index < -0.39 is 15.9 Å². The van der Waals surface area contributed by atoms with Gasteiger partial charge >= 0.3 is 0 Å². The molecule has 212 valence electrons. The first kappa shape index (κ1) is 27.9. The number of aliphatic hydroxyl groups is 2. The summed E-state index contributed by atoms with van der Waals surface area (Å²) in [4.78, 5) is 12.7. The maximum atomic E-state index is 12.6. The van der Waals surface area contributed by atoms with Gasteiger partial charge in [0.2, 0.25) is 5.91 Å². The second-order valence-corrected chi connectivity index (χ2v) is 15.2. The van der Waals surface area contributed by atoms with Gasteiger partial charge in [0, 0.05) is 12.1 Å². The molecule has 0 bridgehead atoms. The highest BCUT2D eigenvalue weighted by atomic mass is 32.2. The smallest absolute Gasteiger partial charge is 0.264 e. The number of benzene rings is 1. The fourth-order valence-corrected chi connectivity index (χ4v) is 10.6. The lowest BCUT2D eigenvalue weighted by molar-refractivity contribution is -0.174. The van der Waals surface area contributed by atoms with Crippen molar-refractivity contribution in [2.45, 2.75) is 102 Å². The van der Waals surface area contributed by atoms with Gasteiger partial charge in [-0.25, -0.2) is 13.1 Å². The average molecular weight is 547 g/mol. The van der Waals surface area contributed by atoms with Crippen LogP contribution >= 0.6 is 0 Å². The van der Waals surface area contributed by atoms with Crippen molar-refractivity contribution >= 4 is 21.6 Å². The summed E-state index contributed by atoms with van der Waals surface area (Å²) >= 11 is 0. The Hall–Kier alpha value is -1.64. The molecule has 38 heavy (non-hydrogen) atoms. The molecule has 4 aliphatic rings. The Kier molecular flexibility index (Phi) is 7.40. The third kappa shape index (κ3) is 4.68. The van der Waals surface area contributed by atoms with Gasteiger partial charge in [0.15, 0.2) is 0 Å². The Morgan fingerprint density at radius 2 is 1.76 bits per heavy atom. The minimum absolute atomic E-state index is 0.0232. The predicted octanol–water partition coefficient (Wildman–Crippen LogP) is 4.48. The van der Waals surface area contributed by atoms with Crippen LogP contribution in [-0.2, 0) is 14.8 Å². The minimum atomic E-state index is -3.93. The van der Waals surface area contributed by atoms with Crippen LogP contribution in [-0.4, -0.2) is 36.7 Å². The Bertz CT molecular complexity index is 1140. The Balaban J connectivity index is 1.23. The highest BCUT2D eigenvalue weighted by molar-refractivity contribution is 7.90. The van der Waals surface area contributed by atoms with Gasteiger partial charge in [-0.05, 0) is 128 Å². The molecule has 8 heteroatoms. The molecule has 5 rings (SSSR count). The van der Waals surface area contributed by atoms with Crippen LogP contribution < -0.4 is 10.5 Å². The third-order valence-corrected chi connectivity index (χ3v) is 13.2. The number of nitrogens with one attached hydrogen (secondary N) is 1. The largest absolute Gasteiger partial charge is 0.399 e. The lowest BCUT2D eigenvalue weighted by Gasteiger charge is -2.62. The van der Waals surface area contributed by atoms with Gasteiger partial charge in [-0.3, -0.25) is 4.79 Å². The topological polar surface area (TPSA) is 130 Å². The molecule has 0 saturated heterocycles. The zero-order valence-electron chi connectivity index (χ0n) is 23.1. The van der Waals surface area contributed by atoms with Crippen molar-refractivity contribution in [2.75, 3.05) is 5.73 Å². The maximum absolute atomic E-state index is 12.6. The number of amides is 1. The summed E-state index contributed by atoms with van der Waals surface area (Å²) in [7, 11) is -3.93. The van der Waals surface area contributed by atoms with Crippen LogP contribution in [0.2, 0.25) is 0 Å². The molecule has 0 unspecified atom stereocenters. The first-order valence-corrected chi connectivity index (χ1v) is 16.1. The molecule has 0 radical (unpaired) electrons. The normalized spacial score (nSPS) is 41.4. The van der Waals surface area contributed by atoms with Crippen LogP contribution in [0.3, 0.4) is 0 Å². The van der Waals surface area contributed by atoms with E-state index in [0.29, 0.717) is 41.7 Å². The van der Waals surface area contributed by atoms with Crippen molar-refractivity contribution in [3.05, 3.63) is 24.3 Å². The summed E-state index contributed by atoms with van der Waals surface area (Å²) < 4.78 is 27.4. The van der Waals surface area contributed by atoms with Crippen LogP contribution in [0.25, 0.3) is 0 Å². The summed E-state index contributed by atoms with van der Waals surface area (Å²) in [5, 5.41) is 22.0. The van der Waals surface area contributed by atoms with E-state index in [-0.39, 0.29) is 40.3 Å². The van der Waals surface area contributed by atoms with Crippen molar-refractivity contribution in [3.63, 3.8) is 0 Å². The summed E-state index contributed by atoms with van der Waals surface area (Å²) in [6, 6.07) is 5.80. The molecule has 5 N–H and O–H groups in total. The van der Waals surface area contributed by atoms with E-state index >= 15 is 0 Å². The summed E-state index contributed by atoms with van der Waals surface area (Å²) in [5.74, 6) is 2.19. The van der Waals surface area contributed by atoms with Gasteiger partial charge in [-0.15, -0.1) is 0 Å². The monoisotopic (exact) mass is 546 g/mol. The number of aliphatic hydroxyl groups excluding tert-OH is 2. The zero-order valence-corrected chi connectivity index (χ0v) is 23.9. The summed E-state index contributed by atoms with van der Waals surface area (Å²) in [6.45, 7) is 6.89.